The Morgan fingerprint density at radius 2 is 1.44 bits per heavy atom. The Kier molecular flexibility index (Phi) is 9.51. The molecule has 1 fully saturated rings. The first-order valence-corrected chi connectivity index (χ1v) is 12.7. The Labute approximate surface area is 213 Å². The summed E-state index contributed by atoms with van der Waals surface area (Å²) in [6.45, 7) is 4.44. The largest absolute Gasteiger partial charge is 0.489 e. The highest BCUT2D eigenvalue weighted by atomic mass is 16.5. The lowest BCUT2D eigenvalue weighted by Crippen LogP contribution is -2.40. The van der Waals surface area contributed by atoms with Crippen molar-refractivity contribution in [2.75, 3.05) is 39.3 Å². The molecule has 3 aromatic rings. The third kappa shape index (κ3) is 8.24. The number of carbonyl (C=O) groups excluding carboxylic acids is 2. The highest BCUT2D eigenvalue weighted by Crippen LogP contribution is 2.16. The Hall–Kier alpha value is -3.64. The molecule has 0 spiro atoms. The summed E-state index contributed by atoms with van der Waals surface area (Å²) in [5.74, 6) is 0.963. The van der Waals surface area contributed by atoms with E-state index in [9.17, 15) is 9.59 Å². The SMILES string of the molecule is O=C(CN1CCCN(C(=O)Cc2ccc(OCc3ccccc3)cc2)CC1)NCCc1ccccc1. The van der Waals surface area contributed by atoms with Crippen LogP contribution in [0, 0.1) is 0 Å². The molecular weight excluding hydrogens is 450 g/mol. The van der Waals surface area contributed by atoms with E-state index in [0.717, 1.165) is 42.8 Å². The number of benzene rings is 3. The molecule has 188 valence electrons. The number of amides is 2. The van der Waals surface area contributed by atoms with E-state index in [-0.39, 0.29) is 11.8 Å². The lowest BCUT2D eigenvalue weighted by atomic mass is 10.1. The number of hydrogen-bond acceptors (Lipinski definition) is 4. The molecule has 1 aliphatic rings. The van der Waals surface area contributed by atoms with Gasteiger partial charge in [0.05, 0.1) is 13.0 Å². The molecule has 1 aliphatic heterocycles. The number of nitrogens with zero attached hydrogens (tertiary/aromatic N) is 2. The Morgan fingerprint density at radius 1 is 0.750 bits per heavy atom. The first-order chi connectivity index (χ1) is 17.7. The number of ether oxygens (including phenoxy) is 1. The summed E-state index contributed by atoms with van der Waals surface area (Å²) >= 11 is 0. The molecule has 6 heteroatoms. The number of hydrogen-bond donors (Lipinski definition) is 1. The van der Waals surface area contributed by atoms with Crippen molar-refractivity contribution in [2.45, 2.75) is 25.9 Å². The molecule has 0 radical (unpaired) electrons. The van der Waals surface area contributed by atoms with Gasteiger partial charge in [-0.05, 0) is 41.7 Å². The van der Waals surface area contributed by atoms with E-state index >= 15 is 0 Å². The summed E-state index contributed by atoms with van der Waals surface area (Å²) in [6.07, 6.45) is 2.07. The number of rotatable bonds is 10. The average molecular weight is 486 g/mol. The van der Waals surface area contributed by atoms with E-state index in [4.69, 9.17) is 4.74 Å². The molecule has 0 bridgehead atoms. The Balaban J connectivity index is 1.16. The maximum Gasteiger partial charge on any atom is 0.234 e. The summed E-state index contributed by atoms with van der Waals surface area (Å²) in [5, 5.41) is 3.02. The van der Waals surface area contributed by atoms with Crippen LogP contribution in [0.4, 0.5) is 0 Å². The fourth-order valence-electron chi connectivity index (χ4n) is 4.36. The van der Waals surface area contributed by atoms with Crippen molar-refractivity contribution in [3.63, 3.8) is 0 Å². The van der Waals surface area contributed by atoms with E-state index < -0.39 is 0 Å². The van der Waals surface area contributed by atoms with Crippen LogP contribution in [-0.4, -0.2) is 60.9 Å². The van der Waals surface area contributed by atoms with Crippen LogP contribution >= 0.6 is 0 Å². The van der Waals surface area contributed by atoms with Crippen LogP contribution in [0.2, 0.25) is 0 Å². The smallest absolute Gasteiger partial charge is 0.234 e. The van der Waals surface area contributed by atoms with Crippen molar-refractivity contribution in [3.05, 3.63) is 102 Å². The minimum absolute atomic E-state index is 0.0419. The van der Waals surface area contributed by atoms with Gasteiger partial charge in [0.1, 0.15) is 12.4 Å². The normalized spacial score (nSPS) is 14.2. The summed E-state index contributed by atoms with van der Waals surface area (Å²) in [5.41, 5.74) is 3.32. The van der Waals surface area contributed by atoms with Gasteiger partial charge in [0.15, 0.2) is 0 Å². The zero-order valence-corrected chi connectivity index (χ0v) is 20.8. The summed E-state index contributed by atoms with van der Waals surface area (Å²) in [7, 11) is 0. The molecule has 6 nitrogen and oxygen atoms in total. The molecule has 2 amide bonds. The topological polar surface area (TPSA) is 61.9 Å². The van der Waals surface area contributed by atoms with Crippen molar-refractivity contribution in [2.24, 2.45) is 0 Å². The first-order valence-electron chi connectivity index (χ1n) is 12.7. The molecular formula is C30H35N3O3. The summed E-state index contributed by atoms with van der Waals surface area (Å²) in [6, 6.07) is 28.0. The monoisotopic (exact) mass is 485 g/mol. The number of nitrogens with one attached hydrogen (secondary N) is 1. The zero-order valence-electron chi connectivity index (χ0n) is 20.8. The predicted molar refractivity (Wildman–Crippen MR) is 142 cm³/mol. The molecule has 3 aromatic carbocycles. The third-order valence-electron chi connectivity index (χ3n) is 6.41. The van der Waals surface area contributed by atoms with Crippen molar-refractivity contribution in [1.29, 1.82) is 0 Å². The number of carbonyl (C=O) groups is 2. The Bertz CT molecular complexity index is 1090. The maximum atomic E-state index is 12.9. The van der Waals surface area contributed by atoms with E-state index in [2.05, 4.69) is 22.3 Å². The average Bonchev–Trinajstić information content (AvgIpc) is 3.15. The van der Waals surface area contributed by atoms with Gasteiger partial charge in [-0.25, -0.2) is 0 Å². The van der Waals surface area contributed by atoms with Crippen LogP contribution < -0.4 is 10.1 Å². The van der Waals surface area contributed by atoms with E-state index in [1.54, 1.807) is 0 Å². The van der Waals surface area contributed by atoms with Gasteiger partial charge in [-0.2, -0.15) is 0 Å². The van der Waals surface area contributed by atoms with Gasteiger partial charge in [0, 0.05) is 32.7 Å². The molecule has 0 aromatic heterocycles. The van der Waals surface area contributed by atoms with Gasteiger partial charge in [-0.3, -0.25) is 14.5 Å². The lowest BCUT2D eigenvalue weighted by molar-refractivity contribution is -0.130. The molecule has 0 unspecified atom stereocenters. The van der Waals surface area contributed by atoms with Crippen molar-refractivity contribution >= 4 is 11.8 Å². The molecule has 4 rings (SSSR count). The van der Waals surface area contributed by atoms with Crippen molar-refractivity contribution in [3.8, 4) is 5.75 Å². The van der Waals surface area contributed by atoms with Gasteiger partial charge < -0.3 is 15.0 Å². The van der Waals surface area contributed by atoms with E-state index in [0.29, 0.717) is 39.2 Å². The standard InChI is InChI=1S/C30H35N3O3/c34-29(31-17-16-25-8-3-1-4-9-25)23-32-18-7-19-33(21-20-32)30(35)22-26-12-14-28(15-13-26)36-24-27-10-5-2-6-11-27/h1-6,8-15H,7,16-24H2,(H,31,34). The molecule has 1 heterocycles. The van der Waals surface area contributed by atoms with Crippen molar-refractivity contribution < 1.29 is 14.3 Å². The Morgan fingerprint density at radius 3 is 2.17 bits per heavy atom. The maximum absolute atomic E-state index is 12.9. The van der Waals surface area contributed by atoms with Gasteiger partial charge in [-0.1, -0.05) is 72.8 Å². The fourth-order valence-corrected chi connectivity index (χ4v) is 4.36. The quantitative estimate of drug-likeness (QED) is 0.476. The van der Waals surface area contributed by atoms with Gasteiger partial charge >= 0.3 is 0 Å². The highest BCUT2D eigenvalue weighted by Gasteiger charge is 2.20. The lowest BCUT2D eigenvalue weighted by Gasteiger charge is -2.22. The van der Waals surface area contributed by atoms with Gasteiger partial charge in [0.2, 0.25) is 11.8 Å². The molecule has 1 saturated heterocycles. The van der Waals surface area contributed by atoms with Crippen LogP contribution in [0.3, 0.4) is 0 Å². The molecule has 0 saturated carbocycles. The van der Waals surface area contributed by atoms with Crippen LogP contribution in [-0.2, 0) is 29.0 Å². The summed E-state index contributed by atoms with van der Waals surface area (Å²) < 4.78 is 5.84. The second-order valence-electron chi connectivity index (χ2n) is 9.19. The third-order valence-corrected chi connectivity index (χ3v) is 6.41. The van der Waals surface area contributed by atoms with Gasteiger partial charge in [-0.15, -0.1) is 0 Å². The second kappa shape index (κ2) is 13.4. The highest BCUT2D eigenvalue weighted by molar-refractivity contribution is 5.79. The fraction of sp³-hybridized carbons (Fsp3) is 0.333. The molecule has 0 aliphatic carbocycles. The van der Waals surface area contributed by atoms with Crippen LogP contribution in [0.25, 0.3) is 0 Å². The molecule has 1 N–H and O–H groups in total. The zero-order chi connectivity index (χ0) is 25.0. The first kappa shape index (κ1) is 25.5. The van der Waals surface area contributed by atoms with Gasteiger partial charge in [0.25, 0.3) is 0 Å². The van der Waals surface area contributed by atoms with E-state index in [1.165, 1.54) is 5.56 Å². The minimum Gasteiger partial charge on any atom is -0.489 e. The minimum atomic E-state index is 0.0419. The second-order valence-corrected chi connectivity index (χ2v) is 9.19. The molecule has 36 heavy (non-hydrogen) atoms. The van der Waals surface area contributed by atoms with Crippen molar-refractivity contribution in [1.82, 2.24) is 15.1 Å². The van der Waals surface area contributed by atoms with E-state index in [1.807, 2.05) is 77.7 Å². The van der Waals surface area contributed by atoms with Crippen LogP contribution in [0.1, 0.15) is 23.1 Å². The molecule has 0 atom stereocenters. The summed E-state index contributed by atoms with van der Waals surface area (Å²) in [4.78, 5) is 29.4. The van der Waals surface area contributed by atoms with Crippen LogP contribution in [0.5, 0.6) is 5.75 Å². The predicted octanol–water partition coefficient (Wildman–Crippen LogP) is 3.70. The van der Waals surface area contributed by atoms with Crippen LogP contribution in [0.15, 0.2) is 84.9 Å².